The lowest BCUT2D eigenvalue weighted by Gasteiger charge is -2.16. The van der Waals surface area contributed by atoms with Crippen molar-refractivity contribution in [3.05, 3.63) is 12.2 Å². The Labute approximate surface area is 68.2 Å². The Bertz CT molecular complexity index is 148. The summed E-state index contributed by atoms with van der Waals surface area (Å²) in [6, 6.07) is 0. The predicted octanol–water partition coefficient (Wildman–Crippen LogP) is 2.15. The van der Waals surface area contributed by atoms with Gasteiger partial charge in [0.25, 0.3) is 0 Å². The summed E-state index contributed by atoms with van der Waals surface area (Å²) in [6.45, 7) is 7.39. The molecule has 0 heterocycles. The maximum absolute atomic E-state index is 10.6. The van der Waals surface area contributed by atoms with Crippen molar-refractivity contribution in [2.75, 3.05) is 0 Å². The van der Waals surface area contributed by atoms with Gasteiger partial charge < -0.3 is 4.74 Å². The first kappa shape index (κ1) is 10.2. The maximum Gasteiger partial charge on any atom is 0.303 e. The lowest BCUT2D eigenvalue weighted by Crippen LogP contribution is -2.19. The van der Waals surface area contributed by atoms with Crippen molar-refractivity contribution >= 4 is 5.97 Å². The molecule has 0 spiro atoms. The molecule has 0 saturated carbocycles. The molecule has 0 saturated heterocycles. The summed E-state index contributed by atoms with van der Waals surface area (Å²) < 4.78 is 5.03. The Morgan fingerprint density at radius 2 is 2.00 bits per heavy atom. The van der Waals surface area contributed by atoms with Crippen molar-refractivity contribution in [1.82, 2.24) is 0 Å². The van der Waals surface area contributed by atoms with Crippen LogP contribution in [0.1, 0.15) is 27.7 Å². The third-order valence-electron chi connectivity index (χ3n) is 1.34. The number of hydrogen-bond acceptors (Lipinski definition) is 2. The molecule has 2 heteroatoms. The van der Waals surface area contributed by atoms with E-state index in [2.05, 4.69) is 0 Å². The number of ether oxygens (including phenoxy) is 1. The summed E-state index contributed by atoms with van der Waals surface area (Å²) in [4.78, 5) is 10.6. The highest BCUT2D eigenvalue weighted by molar-refractivity contribution is 5.66. The van der Waals surface area contributed by atoms with Crippen molar-refractivity contribution in [1.29, 1.82) is 0 Å². The SMILES string of the molecule is C/C=C/[C@H](OC(C)=O)C(C)C. The Hall–Kier alpha value is -0.790. The molecule has 0 aliphatic rings. The quantitative estimate of drug-likeness (QED) is 0.462. The van der Waals surface area contributed by atoms with E-state index in [4.69, 9.17) is 4.74 Å². The highest BCUT2D eigenvalue weighted by atomic mass is 16.5. The normalized spacial score (nSPS) is 13.9. The van der Waals surface area contributed by atoms with Crippen LogP contribution in [0.2, 0.25) is 0 Å². The third-order valence-corrected chi connectivity index (χ3v) is 1.34. The smallest absolute Gasteiger partial charge is 0.303 e. The van der Waals surface area contributed by atoms with Gasteiger partial charge >= 0.3 is 5.97 Å². The summed E-state index contributed by atoms with van der Waals surface area (Å²) in [5, 5.41) is 0. The first-order chi connectivity index (χ1) is 5.07. The van der Waals surface area contributed by atoms with E-state index in [0.717, 1.165) is 0 Å². The van der Waals surface area contributed by atoms with E-state index in [1.807, 2.05) is 32.9 Å². The van der Waals surface area contributed by atoms with Crippen molar-refractivity contribution in [2.24, 2.45) is 5.92 Å². The molecule has 64 valence electrons. The molecule has 0 aromatic carbocycles. The minimum Gasteiger partial charge on any atom is -0.458 e. The van der Waals surface area contributed by atoms with E-state index in [1.165, 1.54) is 6.92 Å². The molecule has 0 N–H and O–H groups in total. The molecule has 0 fully saturated rings. The van der Waals surface area contributed by atoms with Gasteiger partial charge in [0.15, 0.2) is 0 Å². The fourth-order valence-corrected chi connectivity index (χ4v) is 0.779. The highest BCUT2D eigenvalue weighted by Crippen LogP contribution is 2.07. The van der Waals surface area contributed by atoms with Gasteiger partial charge in [0.1, 0.15) is 6.10 Å². The van der Waals surface area contributed by atoms with Crippen molar-refractivity contribution in [2.45, 2.75) is 33.8 Å². The molecule has 1 atom stereocenters. The average molecular weight is 156 g/mol. The largest absolute Gasteiger partial charge is 0.458 e. The monoisotopic (exact) mass is 156 g/mol. The Morgan fingerprint density at radius 1 is 1.45 bits per heavy atom. The Morgan fingerprint density at radius 3 is 2.27 bits per heavy atom. The van der Waals surface area contributed by atoms with E-state index in [0.29, 0.717) is 5.92 Å². The first-order valence-electron chi connectivity index (χ1n) is 3.88. The van der Waals surface area contributed by atoms with Crippen LogP contribution in [0, 0.1) is 5.92 Å². The third kappa shape index (κ3) is 4.59. The number of esters is 1. The topological polar surface area (TPSA) is 26.3 Å². The molecule has 0 aliphatic carbocycles. The standard InChI is InChI=1S/C9H16O2/c1-5-6-9(7(2)3)11-8(4)10/h5-7,9H,1-4H3/b6-5+/t9-/m0/s1. The van der Waals surface area contributed by atoms with Crippen LogP contribution in [0.4, 0.5) is 0 Å². The second-order valence-electron chi connectivity index (χ2n) is 2.84. The van der Waals surface area contributed by atoms with E-state index in [-0.39, 0.29) is 12.1 Å². The number of hydrogen-bond donors (Lipinski definition) is 0. The number of carbonyl (C=O) groups is 1. The lowest BCUT2D eigenvalue weighted by atomic mass is 10.1. The Kier molecular flexibility index (Phi) is 4.59. The molecule has 0 bridgehead atoms. The molecular formula is C9H16O2. The van der Waals surface area contributed by atoms with E-state index < -0.39 is 0 Å². The molecule has 11 heavy (non-hydrogen) atoms. The average Bonchev–Trinajstić information content (AvgIpc) is 1.86. The van der Waals surface area contributed by atoms with Crippen LogP contribution < -0.4 is 0 Å². The van der Waals surface area contributed by atoms with Crippen molar-refractivity contribution in [3.8, 4) is 0 Å². The molecule has 0 radical (unpaired) electrons. The lowest BCUT2D eigenvalue weighted by molar-refractivity contribution is -0.145. The van der Waals surface area contributed by atoms with Gasteiger partial charge in [0, 0.05) is 6.92 Å². The summed E-state index contributed by atoms with van der Waals surface area (Å²) in [5.74, 6) is 0.122. The molecule has 0 aromatic heterocycles. The van der Waals surface area contributed by atoms with Gasteiger partial charge in [-0.15, -0.1) is 0 Å². The zero-order valence-electron chi connectivity index (χ0n) is 7.63. The van der Waals surface area contributed by atoms with Crippen LogP contribution in [-0.4, -0.2) is 12.1 Å². The minimum absolute atomic E-state index is 0.0718. The van der Waals surface area contributed by atoms with Crippen molar-refractivity contribution in [3.63, 3.8) is 0 Å². The van der Waals surface area contributed by atoms with Gasteiger partial charge in [-0.05, 0) is 18.9 Å². The van der Waals surface area contributed by atoms with Crippen LogP contribution in [-0.2, 0) is 9.53 Å². The predicted molar refractivity (Wildman–Crippen MR) is 45.2 cm³/mol. The molecule has 0 aliphatic heterocycles. The van der Waals surface area contributed by atoms with Crippen LogP contribution >= 0.6 is 0 Å². The van der Waals surface area contributed by atoms with E-state index in [9.17, 15) is 4.79 Å². The van der Waals surface area contributed by atoms with Gasteiger partial charge in [-0.3, -0.25) is 4.79 Å². The maximum atomic E-state index is 10.6. The van der Waals surface area contributed by atoms with E-state index >= 15 is 0 Å². The molecule has 2 nitrogen and oxygen atoms in total. The number of rotatable bonds is 3. The molecular weight excluding hydrogens is 140 g/mol. The van der Waals surface area contributed by atoms with Crippen LogP contribution in [0.3, 0.4) is 0 Å². The second-order valence-corrected chi connectivity index (χ2v) is 2.84. The summed E-state index contributed by atoms with van der Waals surface area (Å²) in [6.07, 6.45) is 3.72. The fraction of sp³-hybridized carbons (Fsp3) is 0.667. The van der Waals surface area contributed by atoms with E-state index in [1.54, 1.807) is 0 Å². The van der Waals surface area contributed by atoms with Gasteiger partial charge in [0.05, 0.1) is 0 Å². The summed E-state index contributed by atoms with van der Waals surface area (Å²) >= 11 is 0. The highest BCUT2D eigenvalue weighted by Gasteiger charge is 2.11. The summed E-state index contributed by atoms with van der Waals surface area (Å²) in [7, 11) is 0. The number of allylic oxidation sites excluding steroid dienone is 1. The van der Waals surface area contributed by atoms with Gasteiger partial charge in [-0.1, -0.05) is 19.9 Å². The summed E-state index contributed by atoms with van der Waals surface area (Å²) in [5.41, 5.74) is 0. The second kappa shape index (κ2) is 4.94. The first-order valence-corrected chi connectivity index (χ1v) is 3.88. The minimum atomic E-state index is -0.221. The molecule has 0 amide bonds. The number of carbonyl (C=O) groups excluding carboxylic acids is 1. The van der Waals surface area contributed by atoms with Gasteiger partial charge in [-0.25, -0.2) is 0 Å². The molecule has 0 rings (SSSR count). The van der Waals surface area contributed by atoms with Crippen LogP contribution in [0.25, 0.3) is 0 Å². The van der Waals surface area contributed by atoms with Gasteiger partial charge in [-0.2, -0.15) is 0 Å². The van der Waals surface area contributed by atoms with Crippen LogP contribution in [0.15, 0.2) is 12.2 Å². The molecule has 0 unspecified atom stereocenters. The van der Waals surface area contributed by atoms with Crippen molar-refractivity contribution < 1.29 is 9.53 Å². The molecule has 0 aromatic rings. The Balaban J connectivity index is 4.00. The van der Waals surface area contributed by atoms with Crippen LogP contribution in [0.5, 0.6) is 0 Å². The fourth-order valence-electron chi connectivity index (χ4n) is 0.779. The van der Waals surface area contributed by atoms with Gasteiger partial charge in [0.2, 0.25) is 0 Å². The zero-order valence-corrected chi connectivity index (χ0v) is 7.63. The zero-order chi connectivity index (χ0) is 8.85.